The standard InChI is InChI=1S/C12H14BrF3/c1-9(8-13)5-6-10-3-2-4-11(7-10)12(14,15)16/h2-4,7,9H,5-6,8H2,1H3. The summed E-state index contributed by atoms with van der Waals surface area (Å²) in [5.41, 5.74) is 0.194. The Labute approximate surface area is 102 Å². The molecule has 0 nitrogen and oxygen atoms in total. The summed E-state index contributed by atoms with van der Waals surface area (Å²) in [5, 5.41) is 0.881. The van der Waals surface area contributed by atoms with Crippen LogP contribution in [0, 0.1) is 5.92 Å². The Hall–Kier alpha value is -0.510. The predicted molar refractivity (Wildman–Crippen MR) is 62.7 cm³/mol. The average molecular weight is 295 g/mol. The largest absolute Gasteiger partial charge is 0.416 e. The fraction of sp³-hybridized carbons (Fsp3) is 0.500. The van der Waals surface area contributed by atoms with Crippen LogP contribution in [0.5, 0.6) is 0 Å². The molecule has 0 N–H and O–H groups in total. The maximum Gasteiger partial charge on any atom is 0.416 e. The van der Waals surface area contributed by atoms with Gasteiger partial charge in [-0.1, -0.05) is 41.1 Å². The van der Waals surface area contributed by atoms with Gasteiger partial charge in [-0.25, -0.2) is 0 Å². The molecule has 0 saturated carbocycles. The average Bonchev–Trinajstić information content (AvgIpc) is 2.25. The highest BCUT2D eigenvalue weighted by atomic mass is 79.9. The van der Waals surface area contributed by atoms with Gasteiger partial charge in [0.15, 0.2) is 0 Å². The first-order valence-corrected chi connectivity index (χ1v) is 6.27. The maximum atomic E-state index is 12.4. The van der Waals surface area contributed by atoms with Gasteiger partial charge in [-0.3, -0.25) is 0 Å². The van der Waals surface area contributed by atoms with Crippen LogP contribution in [-0.4, -0.2) is 5.33 Å². The highest BCUT2D eigenvalue weighted by molar-refractivity contribution is 9.09. The number of rotatable bonds is 4. The second kappa shape index (κ2) is 5.71. The molecule has 0 aliphatic carbocycles. The molecule has 0 aliphatic heterocycles. The zero-order chi connectivity index (χ0) is 12.2. The maximum absolute atomic E-state index is 12.4. The van der Waals surface area contributed by atoms with Gasteiger partial charge >= 0.3 is 6.18 Å². The number of hydrogen-bond donors (Lipinski definition) is 0. The monoisotopic (exact) mass is 294 g/mol. The molecule has 1 aromatic carbocycles. The summed E-state index contributed by atoms with van der Waals surface area (Å²) in [4.78, 5) is 0. The second-order valence-electron chi connectivity index (χ2n) is 4.00. The summed E-state index contributed by atoms with van der Waals surface area (Å²) in [5.74, 6) is 0.481. The first kappa shape index (κ1) is 13.6. The molecule has 0 aliphatic rings. The SMILES string of the molecule is CC(CBr)CCc1cccc(C(F)(F)F)c1. The van der Waals surface area contributed by atoms with Crippen LogP contribution in [0.2, 0.25) is 0 Å². The third kappa shape index (κ3) is 4.16. The molecular weight excluding hydrogens is 281 g/mol. The van der Waals surface area contributed by atoms with Crippen LogP contribution in [0.25, 0.3) is 0 Å². The summed E-state index contributed by atoms with van der Waals surface area (Å²) in [6.45, 7) is 2.07. The molecule has 0 spiro atoms. The van der Waals surface area contributed by atoms with E-state index in [-0.39, 0.29) is 0 Å². The first-order chi connectivity index (χ1) is 7.43. The zero-order valence-corrected chi connectivity index (χ0v) is 10.6. The van der Waals surface area contributed by atoms with E-state index in [0.717, 1.165) is 23.4 Å². The van der Waals surface area contributed by atoms with Crippen molar-refractivity contribution < 1.29 is 13.2 Å². The lowest BCUT2D eigenvalue weighted by molar-refractivity contribution is -0.137. The van der Waals surface area contributed by atoms with Crippen molar-refractivity contribution in [1.29, 1.82) is 0 Å². The fourth-order valence-electron chi connectivity index (χ4n) is 1.39. The summed E-state index contributed by atoms with van der Waals surface area (Å²) >= 11 is 3.35. The van der Waals surface area contributed by atoms with Gasteiger partial charge in [-0.05, 0) is 30.4 Å². The molecule has 90 valence electrons. The summed E-state index contributed by atoms with van der Waals surface area (Å²) in [7, 11) is 0. The Kier molecular flexibility index (Phi) is 4.84. The lowest BCUT2D eigenvalue weighted by Crippen LogP contribution is -2.06. The van der Waals surface area contributed by atoms with Crippen LogP contribution in [0.1, 0.15) is 24.5 Å². The fourth-order valence-corrected chi connectivity index (χ4v) is 1.72. The molecule has 1 unspecified atom stereocenters. The van der Waals surface area contributed by atoms with Gasteiger partial charge in [-0.2, -0.15) is 13.2 Å². The van der Waals surface area contributed by atoms with Crippen LogP contribution in [-0.2, 0) is 12.6 Å². The molecule has 0 fully saturated rings. The van der Waals surface area contributed by atoms with Crippen LogP contribution in [0.15, 0.2) is 24.3 Å². The molecule has 0 amide bonds. The third-order valence-corrected chi connectivity index (χ3v) is 3.55. The van der Waals surface area contributed by atoms with E-state index in [1.54, 1.807) is 6.07 Å². The third-order valence-electron chi connectivity index (χ3n) is 2.44. The second-order valence-corrected chi connectivity index (χ2v) is 4.64. The minimum atomic E-state index is -4.24. The first-order valence-electron chi connectivity index (χ1n) is 5.15. The molecule has 0 aromatic heterocycles. The van der Waals surface area contributed by atoms with E-state index in [9.17, 15) is 13.2 Å². The van der Waals surface area contributed by atoms with Crippen molar-refractivity contribution in [3.8, 4) is 0 Å². The van der Waals surface area contributed by atoms with Gasteiger partial charge in [0.1, 0.15) is 0 Å². The van der Waals surface area contributed by atoms with Crippen molar-refractivity contribution in [2.24, 2.45) is 5.92 Å². The Morgan fingerprint density at radius 1 is 1.31 bits per heavy atom. The molecule has 1 atom stereocenters. The van der Waals surface area contributed by atoms with E-state index in [1.165, 1.54) is 12.1 Å². The minimum absolute atomic E-state index is 0.481. The number of aryl methyl sites for hydroxylation is 1. The van der Waals surface area contributed by atoms with Crippen molar-refractivity contribution in [3.63, 3.8) is 0 Å². The summed E-state index contributed by atoms with van der Waals surface area (Å²) < 4.78 is 37.3. The highest BCUT2D eigenvalue weighted by Crippen LogP contribution is 2.29. The molecule has 4 heteroatoms. The normalized spacial score (nSPS) is 13.8. The summed E-state index contributed by atoms with van der Waals surface area (Å²) in [6.07, 6.45) is -2.65. The molecule has 0 bridgehead atoms. The van der Waals surface area contributed by atoms with Crippen LogP contribution >= 0.6 is 15.9 Å². The van der Waals surface area contributed by atoms with Crippen LogP contribution in [0.3, 0.4) is 0 Å². The molecular formula is C12H14BrF3. The highest BCUT2D eigenvalue weighted by Gasteiger charge is 2.30. The van der Waals surface area contributed by atoms with Crippen molar-refractivity contribution >= 4 is 15.9 Å². The Morgan fingerprint density at radius 2 is 2.00 bits per heavy atom. The Balaban J connectivity index is 2.68. The molecule has 0 heterocycles. The minimum Gasteiger partial charge on any atom is -0.166 e. The number of benzene rings is 1. The molecule has 16 heavy (non-hydrogen) atoms. The number of halogens is 4. The topological polar surface area (TPSA) is 0 Å². The van der Waals surface area contributed by atoms with Gasteiger partial charge in [0.25, 0.3) is 0 Å². The summed E-state index contributed by atoms with van der Waals surface area (Å²) in [6, 6.07) is 5.56. The molecule has 1 rings (SSSR count). The zero-order valence-electron chi connectivity index (χ0n) is 9.02. The van der Waals surface area contributed by atoms with Crippen molar-refractivity contribution in [1.82, 2.24) is 0 Å². The Bertz CT molecular complexity index is 333. The van der Waals surface area contributed by atoms with E-state index in [4.69, 9.17) is 0 Å². The van der Waals surface area contributed by atoms with Crippen LogP contribution < -0.4 is 0 Å². The van der Waals surface area contributed by atoms with Crippen LogP contribution in [0.4, 0.5) is 13.2 Å². The lowest BCUT2D eigenvalue weighted by Gasteiger charge is -2.10. The van der Waals surface area contributed by atoms with Gasteiger partial charge < -0.3 is 0 Å². The van der Waals surface area contributed by atoms with E-state index in [2.05, 4.69) is 22.9 Å². The van der Waals surface area contributed by atoms with Crippen molar-refractivity contribution in [2.45, 2.75) is 25.9 Å². The molecule has 0 saturated heterocycles. The number of alkyl halides is 4. The van der Waals surface area contributed by atoms with E-state index in [1.807, 2.05) is 0 Å². The molecule has 1 aromatic rings. The smallest absolute Gasteiger partial charge is 0.166 e. The van der Waals surface area contributed by atoms with Crippen molar-refractivity contribution in [2.75, 3.05) is 5.33 Å². The Morgan fingerprint density at radius 3 is 2.56 bits per heavy atom. The lowest BCUT2D eigenvalue weighted by atomic mass is 10.0. The molecule has 0 radical (unpaired) electrons. The number of hydrogen-bond acceptors (Lipinski definition) is 0. The van der Waals surface area contributed by atoms with Gasteiger partial charge in [0, 0.05) is 5.33 Å². The van der Waals surface area contributed by atoms with Gasteiger partial charge in [0.05, 0.1) is 5.56 Å². The van der Waals surface area contributed by atoms with E-state index < -0.39 is 11.7 Å². The quantitative estimate of drug-likeness (QED) is 0.708. The van der Waals surface area contributed by atoms with E-state index >= 15 is 0 Å². The van der Waals surface area contributed by atoms with Gasteiger partial charge in [-0.15, -0.1) is 0 Å². The predicted octanol–water partition coefficient (Wildman–Crippen LogP) is 4.67. The van der Waals surface area contributed by atoms with E-state index in [0.29, 0.717) is 12.3 Å². The van der Waals surface area contributed by atoms with Crippen molar-refractivity contribution in [3.05, 3.63) is 35.4 Å². The van der Waals surface area contributed by atoms with Gasteiger partial charge in [0.2, 0.25) is 0 Å².